The van der Waals surface area contributed by atoms with Crippen molar-refractivity contribution >= 4 is 11.8 Å². The maximum atomic E-state index is 12.8. The number of aromatic nitrogens is 2. The Morgan fingerprint density at radius 3 is 2.78 bits per heavy atom. The monoisotopic (exact) mass is 308 g/mol. The molecule has 0 unspecified atom stereocenters. The summed E-state index contributed by atoms with van der Waals surface area (Å²) < 4.78 is 0. The third-order valence-corrected chi connectivity index (χ3v) is 5.25. The summed E-state index contributed by atoms with van der Waals surface area (Å²) in [4.78, 5) is 14.8. The number of hydrogen-bond acceptors (Lipinski definition) is 3. The van der Waals surface area contributed by atoms with E-state index in [2.05, 4.69) is 39.8 Å². The van der Waals surface area contributed by atoms with Crippen LogP contribution >= 0.6 is 0 Å². The van der Waals surface area contributed by atoms with E-state index in [4.69, 9.17) is 0 Å². The quantitative estimate of drug-likeness (QED) is 0.925. The fourth-order valence-corrected chi connectivity index (χ4v) is 4.17. The number of nitrogens with one attached hydrogen (secondary N) is 1. The van der Waals surface area contributed by atoms with E-state index in [-0.39, 0.29) is 11.6 Å². The van der Waals surface area contributed by atoms with Gasteiger partial charge in [-0.3, -0.25) is 5.32 Å². The first kappa shape index (κ1) is 14.2. The predicted molar refractivity (Wildman–Crippen MR) is 87.8 cm³/mol. The van der Waals surface area contributed by atoms with E-state index in [9.17, 15) is 4.79 Å². The molecule has 1 aliphatic heterocycles. The molecule has 23 heavy (non-hydrogen) atoms. The summed E-state index contributed by atoms with van der Waals surface area (Å²) >= 11 is 0. The fourth-order valence-electron chi connectivity index (χ4n) is 4.17. The van der Waals surface area contributed by atoms with Crippen LogP contribution in [0.1, 0.15) is 31.2 Å². The predicted octanol–water partition coefficient (Wildman–Crippen LogP) is 3.41. The van der Waals surface area contributed by atoms with E-state index < -0.39 is 0 Å². The Kier molecular flexibility index (Phi) is 3.48. The molecule has 1 saturated carbocycles. The number of urea groups is 1. The molecule has 118 valence electrons. The fraction of sp³-hybridized carbons (Fsp3) is 0.389. The summed E-state index contributed by atoms with van der Waals surface area (Å²) in [6.07, 6.45) is 6.26. The molecule has 1 saturated heterocycles. The van der Waals surface area contributed by atoms with Gasteiger partial charge in [0.15, 0.2) is 5.82 Å². The van der Waals surface area contributed by atoms with Gasteiger partial charge >= 0.3 is 6.03 Å². The molecule has 2 heterocycles. The van der Waals surface area contributed by atoms with Gasteiger partial charge in [-0.25, -0.2) is 4.79 Å². The van der Waals surface area contributed by atoms with Crippen LogP contribution in [0.5, 0.6) is 0 Å². The maximum Gasteiger partial charge on any atom is 0.323 e. The standard InChI is InChI=1S/C18H20N4O/c23-17(20-16-10-6-12-19-21-16)22-13-15-9-4-5-11-18(15,22)14-7-2-1-3-8-14/h1-3,6-8,10,12,15H,4-5,9,11,13H2,(H,20,21,23)/t15-,18-/m1/s1. The van der Waals surface area contributed by atoms with Crippen LogP contribution in [0.3, 0.4) is 0 Å². The molecule has 0 bridgehead atoms. The lowest BCUT2D eigenvalue weighted by Crippen LogP contribution is -2.68. The zero-order valence-corrected chi connectivity index (χ0v) is 13.0. The molecule has 0 spiro atoms. The highest BCUT2D eigenvalue weighted by Gasteiger charge is 2.57. The summed E-state index contributed by atoms with van der Waals surface area (Å²) in [6, 6.07) is 13.9. The van der Waals surface area contributed by atoms with E-state index in [1.165, 1.54) is 24.8 Å². The van der Waals surface area contributed by atoms with Crippen LogP contribution in [0.15, 0.2) is 48.7 Å². The van der Waals surface area contributed by atoms with Crippen LogP contribution in [0, 0.1) is 5.92 Å². The first-order valence-corrected chi connectivity index (χ1v) is 8.22. The number of amides is 2. The first-order chi connectivity index (χ1) is 11.3. The number of likely N-dealkylation sites (tertiary alicyclic amines) is 1. The molecular weight excluding hydrogens is 288 g/mol. The van der Waals surface area contributed by atoms with Gasteiger partial charge in [0.1, 0.15) is 0 Å². The number of fused-ring (bicyclic) bond motifs is 1. The van der Waals surface area contributed by atoms with Crippen LogP contribution in [0.2, 0.25) is 0 Å². The summed E-state index contributed by atoms with van der Waals surface area (Å²) in [5, 5.41) is 10.6. The van der Waals surface area contributed by atoms with Crippen molar-refractivity contribution < 1.29 is 4.79 Å². The molecule has 2 amide bonds. The van der Waals surface area contributed by atoms with Gasteiger partial charge < -0.3 is 4.90 Å². The molecule has 1 aliphatic carbocycles. The minimum atomic E-state index is -0.147. The lowest BCUT2D eigenvalue weighted by Gasteiger charge is -2.61. The average Bonchev–Trinajstić information content (AvgIpc) is 2.58. The molecule has 1 aromatic heterocycles. The highest BCUT2D eigenvalue weighted by Crippen LogP contribution is 2.53. The summed E-state index contributed by atoms with van der Waals surface area (Å²) in [5.74, 6) is 1.06. The van der Waals surface area contributed by atoms with E-state index in [1.807, 2.05) is 11.0 Å². The van der Waals surface area contributed by atoms with Crippen molar-refractivity contribution in [3.05, 3.63) is 54.2 Å². The van der Waals surface area contributed by atoms with Crippen LogP contribution in [-0.2, 0) is 5.54 Å². The van der Waals surface area contributed by atoms with Gasteiger partial charge in [0, 0.05) is 18.7 Å². The largest absolute Gasteiger partial charge is 0.323 e. The highest BCUT2D eigenvalue weighted by molar-refractivity contribution is 5.89. The number of nitrogens with zero attached hydrogens (tertiary/aromatic N) is 3. The van der Waals surface area contributed by atoms with Gasteiger partial charge in [-0.2, -0.15) is 5.10 Å². The van der Waals surface area contributed by atoms with Gasteiger partial charge in [0.05, 0.1) is 5.54 Å². The summed E-state index contributed by atoms with van der Waals surface area (Å²) in [7, 11) is 0. The van der Waals surface area contributed by atoms with Crippen LogP contribution in [0.4, 0.5) is 10.6 Å². The zero-order chi connectivity index (χ0) is 15.7. The van der Waals surface area contributed by atoms with Gasteiger partial charge in [-0.05, 0) is 30.5 Å². The molecule has 2 aromatic rings. The van der Waals surface area contributed by atoms with E-state index in [1.54, 1.807) is 18.3 Å². The number of carbonyl (C=O) groups is 1. The summed E-state index contributed by atoms with van der Waals surface area (Å²) in [5.41, 5.74) is 1.11. The Hall–Kier alpha value is -2.43. The normalized spacial score (nSPS) is 26.1. The second-order valence-corrected chi connectivity index (χ2v) is 6.38. The Labute approximate surface area is 135 Å². The summed E-state index contributed by atoms with van der Waals surface area (Å²) in [6.45, 7) is 0.820. The number of anilines is 1. The van der Waals surface area contributed by atoms with Gasteiger partial charge in [-0.15, -0.1) is 5.10 Å². The third kappa shape index (κ3) is 2.27. The number of hydrogen-bond donors (Lipinski definition) is 1. The SMILES string of the molecule is O=C(Nc1cccnn1)N1C[C@H]2CCCC[C@@]21c1ccccc1. The molecular formula is C18H20N4O. The minimum absolute atomic E-state index is 0.0764. The first-order valence-electron chi connectivity index (χ1n) is 8.22. The minimum Gasteiger partial charge on any atom is -0.314 e. The lowest BCUT2D eigenvalue weighted by molar-refractivity contribution is -0.0756. The molecule has 2 aliphatic rings. The Morgan fingerprint density at radius 2 is 2.04 bits per heavy atom. The molecule has 2 atom stereocenters. The smallest absolute Gasteiger partial charge is 0.314 e. The van der Waals surface area contributed by atoms with Crippen molar-refractivity contribution in [2.75, 3.05) is 11.9 Å². The van der Waals surface area contributed by atoms with Crippen LogP contribution in [-0.4, -0.2) is 27.7 Å². The number of carbonyl (C=O) groups excluding carboxylic acids is 1. The van der Waals surface area contributed by atoms with Gasteiger partial charge in [0.2, 0.25) is 0 Å². The van der Waals surface area contributed by atoms with E-state index >= 15 is 0 Å². The molecule has 0 radical (unpaired) electrons. The number of rotatable bonds is 2. The Balaban J connectivity index is 1.62. The van der Waals surface area contributed by atoms with E-state index in [0.29, 0.717) is 11.7 Å². The van der Waals surface area contributed by atoms with Crippen molar-refractivity contribution in [2.24, 2.45) is 5.92 Å². The Bertz CT molecular complexity index is 691. The van der Waals surface area contributed by atoms with Crippen LogP contribution in [0.25, 0.3) is 0 Å². The second kappa shape index (κ2) is 5.65. The van der Waals surface area contributed by atoms with Crippen molar-refractivity contribution in [2.45, 2.75) is 31.2 Å². The molecule has 5 nitrogen and oxygen atoms in total. The molecule has 4 rings (SSSR count). The lowest BCUT2D eigenvalue weighted by atomic mass is 9.62. The van der Waals surface area contributed by atoms with E-state index in [0.717, 1.165) is 13.0 Å². The molecule has 1 aromatic carbocycles. The third-order valence-electron chi connectivity index (χ3n) is 5.25. The number of benzene rings is 1. The average molecular weight is 308 g/mol. The van der Waals surface area contributed by atoms with Crippen molar-refractivity contribution in [3.63, 3.8) is 0 Å². The van der Waals surface area contributed by atoms with Gasteiger partial charge in [-0.1, -0.05) is 43.2 Å². The van der Waals surface area contributed by atoms with Crippen LogP contribution < -0.4 is 5.32 Å². The maximum absolute atomic E-state index is 12.8. The van der Waals surface area contributed by atoms with Crippen molar-refractivity contribution in [1.29, 1.82) is 0 Å². The van der Waals surface area contributed by atoms with Crippen molar-refractivity contribution in [3.8, 4) is 0 Å². The topological polar surface area (TPSA) is 58.1 Å². The molecule has 1 N–H and O–H groups in total. The highest BCUT2D eigenvalue weighted by atomic mass is 16.2. The Morgan fingerprint density at radius 1 is 1.17 bits per heavy atom. The molecule has 5 heteroatoms. The van der Waals surface area contributed by atoms with Crippen molar-refractivity contribution in [1.82, 2.24) is 15.1 Å². The zero-order valence-electron chi connectivity index (χ0n) is 13.0. The second-order valence-electron chi connectivity index (χ2n) is 6.38. The molecule has 2 fully saturated rings. The van der Waals surface area contributed by atoms with Gasteiger partial charge in [0.25, 0.3) is 0 Å².